The van der Waals surface area contributed by atoms with Crippen molar-refractivity contribution in [1.29, 1.82) is 0 Å². The summed E-state index contributed by atoms with van der Waals surface area (Å²) in [4.78, 5) is 10.4. The average Bonchev–Trinajstić information content (AvgIpc) is 2.92. The summed E-state index contributed by atoms with van der Waals surface area (Å²) < 4.78 is 2.17. The highest BCUT2D eigenvalue weighted by Crippen LogP contribution is 2.19. The van der Waals surface area contributed by atoms with E-state index in [1.165, 1.54) is 11.8 Å². The van der Waals surface area contributed by atoms with Gasteiger partial charge in [0.15, 0.2) is 0 Å². The van der Waals surface area contributed by atoms with Gasteiger partial charge in [0.2, 0.25) is 0 Å². The number of nitrogens with one attached hydrogen (secondary N) is 1. The minimum absolute atomic E-state index is 0.0649. The predicted octanol–water partition coefficient (Wildman–Crippen LogP) is 3.27. The molecule has 1 unspecified atom stereocenters. The van der Waals surface area contributed by atoms with Crippen molar-refractivity contribution >= 4 is 5.69 Å². The van der Waals surface area contributed by atoms with Crippen LogP contribution in [0.3, 0.4) is 0 Å². The Kier molecular flexibility index (Phi) is 4.53. The van der Waals surface area contributed by atoms with Gasteiger partial charge in [-0.05, 0) is 31.5 Å². The van der Waals surface area contributed by atoms with E-state index in [2.05, 4.69) is 29.1 Å². The first-order chi connectivity index (χ1) is 9.61. The number of aromatic nitrogens is 1. The van der Waals surface area contributed by atoms with Crippen molar-refractivity contribution < 1.29 is 4.92 Å². The van der Waals surface area contributed by atoms with E-state index in [0.29, 0.717) is 0 Å². The molecule has 20 heavy (non-hydrogen) atoms. The van der Waals surface area contributed by atoms with E-state index in [1.807, 2.05) is 19.1 Å². The van der Waals surface area contributed by atoms with Crippen molar-refractivity contribution in [2.24, 2.45) is 0 Å². The van der Waals surface area contributed by atoms with Crippen LogP contribution < -0.4 is 5.32 Å². The van der Waals surface area contributed by atoms with Gasteiger partial charge in [0.1, 0.15) is 0 Å². The first-order valence-electron chi connectivity index (χ1n) is 6.73. The maximum Gasteiger partial charge on any atom is 0.269 e. The molecule has 1 atom stereocenters. The Bertz CT molecular complexity index is 592. The molecule has 0 saturated carbocycles. The molecule has 0 bridgehead atoms. The van der Waals surface area contributed by atoms with Gasteiger partial charge in [0.05, 0.1) is 4.92 Å². The van der Waals surface area contributed by atoms with E-state index in [9.17, 15) is 10.1 Å². The second-order valence-corrected chi connectivity index (χ2v) is 4.74. The zero-order valence-electron chi connectivity index (χ0n) is 11.7. The molecule has 1 aromatic carbocycles. The predicted molar refractivity (Wildman–Crippen MR) is 78.5 cm³/mol. The van der Waals surface area contributed by atoms with Crippen molar-refractivity contribution in [3.8, 4) is 0 Å². The fraction of sp³-hybridized carbons (Fsp3) is 0.333. The number of hydrogen-bond acceptors (Lipinski definition) is 3. The van der Waals surface area contributed by atoms with Crippen molar-refractivity contribution in [1.82, 2.24) is 9.88 Å². The van der Waals surface area contributed by atoms with E-state index < -0.39 is 0 Å². The molecule has 106 valence electrons. The van der Waals surface area contributed by atoms with Crippen LogP contribution in [0.2, 0.25) is 0 Å². The van der Waals surface area contributed by atoms with Crippen LogP contribution in [0.5, 0.6) is 0 Å². The second kappa shape index (κ2) is 6.34. The number of aryl methyl sites for hydroxylation is 1. The average molecular weight is 273 g/mol. The fourth-order valence-electron chi connectivity index (χ4n) is 2.20. The Hall–Kier alpha value is -2.14. The Morgan fingerprint density at radius 2 is 2.15 bits per heavy atom. The van der Waals surface area contributed by atoms with E-state index in [-0.39, 0.29) is 16.7 Å². The molecule has 0 spiro atoms. The van der Waals surface area contributed by atoms with Gasteiger partial charge in [-0.1, -0.05) is 12.1 Å². The van der Waals surface area contributed by atoms with Gasteiger partial charge in [-0.15, -0.1) is 0 Å². The van der Waals surface area contributed by atoms with Gasteiger partial charge < -0.3 is 9.88 Å². The molecule has 1 heterocycles. The molecule has 0 aliphatic rings. The molecular formula is C15H19N3O2. The topological polar surface area (TPSA) is 60.1 Å². The van der Waals surface area contributed by atoms with Gasteiger partial charge >= 0.3 is 0 Å². The first-order valence-corrected chi connectivity index (χ1v) is 6.73. The molecule has 0 fully saturated rings. The molecule has 5 heteroatoms. The summed E-state index contributed by atoms with van der Waals surface area (Å²) in [5.41, 5.74) is 2.27. The first kappa shape index (κ1) is 14.3. The van der Waals surface area contributed by atoms with Crippen molar-refractivity contribution in [3.05, 3.63) is 64.0 Å². The van der Waals surface area contributed by atoms with Crippen LogP contribution in [0, 0.1) is 10.1 Å². The molecule has 1 N–H and O–H groups in total. The number of hydrogen-bond donors (Lipinski definition) is 1. The Morgan fingerprint density at radius 3 is 2.85 bits per heavy atom. The lowest BCUT2D eigenvalue weighted by Crippen LogP contribution is -2.20. The third-order valence-corrected chi connectivity index (χ3v) is 3.43. The highest BCUT2D eigenvalue weighted by Gasteiger charge is 2.11. The van der Waals surface area contributed by atoms with Gasteiger partial charge in [-0.2, -0.15) is 0 Å². The summed E-state index contributed by atoms with van der Waals surface area (Å²) in [5.74, 6) is 0. The quantitative estimate of drug-likeness (QED) is 0.649. The highest BCUT2D eigenvalue weighted by atomic mass is 16.6. The number of rotatable bonds is 6. The summed E-state index contributed by atoms with van der Waals surface area (Å²) in [7, 11) is 0. The lowest BCUT2D eigenvalue weighted by atomic mass is 10.1. The normalized spacial score (nSPS) is 12.3. The van der Waals surface area contributed by atoms with Gasteiger partial charge in [0, 0.05) is 43.2 Å². The molecule has 0 saturated heterocycles. The SMILES string of the molecule is CCn1cccc1CNC(C)c1cccc([N+](=O)[O-])c1. The second-order valence-electron chi connectivity index (χ2n) is 4.74. The maximum absolute atomic E-state index is 10.8. The molecule has 0 aliphatic carbocycles. The lowest BCUT2D eigenvalue weighted by Gasteiger charge is -2.15. The number of benzene rings is 1. The molecule has 2 rings (SSSR count). The van der Waals surface area contributed by atoms with Crippen LogP contribution in [-0.4, -0.2) is 9.49 Å². The third kappa shape index (κ3) is 3.24. The standard InChI is InChI=1S/C15H19N3O2/c1-3-17-9-5-8-15(17)11-16-12(2)13-6-4-7-14(10-13)18(19)20/h4-10,12,16H,3,11H2,1-2H3. The molecule has 1 aromatic heterocycles. The Labute approximate surface area is 118 Å². The van der Waals surface area contributed by atoms with Crippen molar-refractivity contribution in [2.75, 3.05) is 0 Å². The van der Waals surface area contributed by atoms with Gasteiger partial charge in [-0.25, -0.2) is 0 Å². The fourth-order valence-corrected chi connectivity index (χ4v) is 2.20. The molecule has 0 radical (unpaired) electrons. The number of non-ortho nitro benzene ring substituents is 1. The van der Waals surface area contributed by atoms with E-state index in [0.717, 1.165) is 18.7 Å². The zero-order chi connectivity index (χ0) is 14.5. The number of nitro benzene ring substituents is 1. The van der Waals surface area contributed by atoms with Crippen molar-refractivity contribution in [3.63, 3.8) is 0 Å². The molecular weight excluding hydrogens is 254 g/mol. The van der Waals surface area contributed by atoms with Crippen molar-refractivity contribution in [2.45, 2.75) is 33.0 Å². The zero-order valence-corrected chi connectivity index (χ0v) is 11.7. The Balaban J connectivity index is 2.03. The number of nitrogens with zero attached hydrogens (tertiary/aromatic N) is 2. The van der Waals surface area contributed by atoms with Crippen LogP contribution in [-0.2, 0) is 13.1 Å². The smallest absolute Gasteiger partial charge is 0.269 e. The minimum Gasteiger partial charge on any atom is -0.351 e. The summed E-state index contributed by atoms with van der Waals surface area (Å²) in [6.45, 7) is 5.80. The molecule has 2 aromatic rings. The highest BCUT2D eigenvalue weighted by molar-refractivity contribution is 5.35. The summed E-state index contributed by atoms with van der Waals surface area (Å²) >= 11 is 0. The van der Waals surface area contributed by atoms with E-state index in [1.54, 1.807) is 12.1 Å². The van der Waals surface area contributed by atoms with Gasteiger partial charge in [-0.3, -0.25) is 10.1 Å². The Morgan fingerprint density at radius 1 is 1.35 bits per heavy atom. The van der Waals surface area contributed by atoms with Crippen LogP contribution in [0.4, 0.5) is 5.69 Å². The molecule has 0 aliphatic heterocycles. The summed E-state index contributed by atoms with van der Waals surface area (Å²) in [6.07, 6.45) is 2.05. The van der Waals surface area contributed by atoms with Crippen LogP contribution in [0.25, 0.3) is 0 Å². The molecule has 0 amide bonds. The monoisotopic (exact) mass is 273 g/mol. The van der Waals surface area contributed by atoms with Crippen LogP contribution in [0.1, 0.15) is 31.1 Å². The summed E-state index contributed by atoms with van der Waals surface area (Å²) in [5, 5.41) is 14.2. The van der Waals surface area contributed by atoms with Crippen LogP contribution >= 0.6 is 0 Å². The third-order valence-electron chi connectivity index (χ3n) is 3.43. The lowest BCUT2D eigenvalue weighted by molar-refractivity contribution is -0.384. The van der Waals surface area contributed by atoms with E-state index >= 15 is 0 Å². The molecule has 5 nitrogen and oxygen atoms in total. The van der Waals surface area contributed by atoms with Crippen LogP contribution in [0.15, 0.2) is 42.6 Å². The largest absolute Gasteiger partial charge is 0.351 e. The van der Waals surface area contributed by atoms with E-state index in [4.69, 9.17) is 0 Å². The summed E-state index contributed by atoms with van der Waals surface area (Å²) in [6, 6.07) is 10.9. The number of nitro groups is 1. The van der Waals surface area contributed by atoms with Gasteiger partial charge in [0.25, 0.3) is 5.69 Å². The maximum atomic E-state index is 10.8. The minimum atomic E-state index is -0.363.